The molecular formula is C25H29NO2. The number of esters is 1. The summed E-state index contributed by atoms with van der Waals surface area (Å²) in [6.45, 7) is 2.25. The molecule has 0 saturated carbocycles. The maximum Gasteiger partial charge on any atom is 0.330 e. The number of rotatable bonds is 11. The first kappa shape index (κ1) is 21.4. The first-order valence-corrected chi connectivity index (χ1v) is 10.0. The van der Waals surface area contributed by atoms with Gasteiger partial charge < -0.3 is 4.74 Å². The van der Waals surface area contributed by atoms with Crippen molar-refractivity contribution >= 4 is 5.97 Å². The van der Waals surface area contributed by atoms with Crippen LogP contribution in [0.2, 0.25) is 0 Å². The summed E-state index contributed by atoms with van der Waals surface area (Å²) < 4.78 is 5.50. The van der Waals surface area contributed by atoms with Gasteiger partial charge in [0.05, 0.1) is 6.07 Å². The second-order valence-electron chi connectivity index (χ2n) is 7.03. The lowest BCUT2D eigenvalue weighted by Gasteiger charge is -2.21. The van der Waals surface area contributed by atoms with Gasteiger partial charge in [-0.25, -0.2) is 4.79 Å². The summed E-state index contributed by atoms with van der Waals surface area (Å²) in [5.41, 5.74) is 1.03. The van der Waals surface area contributed by atoms with Gasteiger partial charge in [-0.1, -0.05) is 92.6 Å². The SMILES string of the molecule is CCCC[C@@](C#N)(/C=C/CCCc1ccccc1)C(=O)OCc1ccccc1. The van der Waals surface area contributed by atoms with Crippen LogP contribution in [0.15, 0.2) is 72.8 Å². The van der Waals surface area contributed by atoms with Crippen LogP contribution in [-0.4, -0.2) is 5.97 Å². The third-order valence-electron chi connectivity index (χ3n) is 4.78. The molecule has 2 aromatic rings. The molecule has 0 unspecified atom stereocenters. The van der Waals surface area contributed by atoms with Crippen molar-refractivity contribution in [3.05, 3.63) is 83.9 Å². The molecule has 3 heteroatoms. The minimum absolute atomic E-state index is 0.192. The van der Waals surface area contributed by atoms with Crippen molar-refractivity contribution in [2.75, 3.05) is 0 Å². The maximum absolute atomic E-state index is 12.8. The van der Waals surface area contributed by atoms with Crippen LogP contribution < -0.4 is 0 Å². The number of aryl methyl sites for hydroxylation is 1. The van der Waals surface area contributed by atoms with E-state index in [1.165, 1.54) is 5.56 Å². The number of hydrogen-bond donors (Lipinski definition) is 0. The number of hydrogen-bond acceptors (Lipinski definition) is 3. The van der Waals surface area contributed by atoms with E-state index in [0.29, 0.717) is 6.42 Å². The van der Waals surface area contributed by atoms with Crippen molar-refractivity contribution in [1.29, 1.82) is 5.26 Å². The average Bonchev–Trinajstić information content (AvgIpc) is 2.75. The molecule has 0 amide bonds. The summed E-state index contributed by atoms with van der Waals surface area (Å²) in [6, 6.07) is 22.1. The summed E-state index contributed by atoms with van der Waals surface area (Å²) in [4.78, 5) is 12.8. The van der Waals surface area contributed by atoms with Crippen molar-refractivity contribution in [2.24, 2.45) is 5.41 Å². The highest BCUT2D eigenvalue weighted by atomic mass is 16.5. The van der Waals surface area contributed by atoms with Gasteiger partial charge in [-0.15, -0.1) is 0 Å². The van der Waals surface area contributed by atoms with Crippen LogP contribution in [0.5, 0.6) is 0 Å². The molecule has 0 radical (unpaired) electrons. The minimum atomic E-state index is -1.20. The normalized spacial score (nSPS) is 13.0. The molecule has 3 nitrogen and oxygen atoms in total. The van der Waals surface area contributed by atoms with Gasteiger partial charge in [0.15, 0.2) is 5.41 Å². The number of nitrogens with zero attached hydrogens (tertiary/aromatic N) is 1. The number of nitriles is 1. The summed E-state index contributed by atoms with van der Waals surface area (Å²) in [5, 5.41) is 9.80. The Labute approximate surface area is 168 Å². The highest BCUT2D eigenvalue weighted by Crippen LogP contribution is 2.29. The van der Waals surface area contributed by atoms with E-state index in [1.54, 1.807) is 6.08 Å². The van der Waals surface area contributed by atoms with Gasteiger partial charge in [0, 0.05) is 0 Å². The predicted molar refractivity (Wildman–Crippen MR) is 112 cm³/mol. The van der Waals surface area contributed by atoms with Crippen LogP contribution in [0.3, 0.4) is 0 Å². The molecule has 146 valence electrons. The number of carbonyl (C=O) groups excluding carboxylic acids is 1. The third kappa shape index (κ3) is 6.70. The van der Waals surface area contributed by atoms with Crippen LogP contribution in [-0.2, 0) is 22.6 Å². The summed E-state index contributed by atoms with van der Waals surface area (Å²) >= 11 is 0. The number of carbonyl (C=O) groups is 1. The number of benzene rings is 2. The van der Waals surface area contributed by atoms with Crippen molar-refractivity contribution in [3.63, 3.8) is 0 Å². The molecule has 1 atom stereocenters. The molecule has 0 aliphatic rings. The van der Waals surface area contributed by atoms with E-state index in [4.69, 9.17) is 4.74 Å². The predicted octanol–water partition coefficient (Wildman–Crippen LogP) is 6.01. The molecule has 0 aromatic heterocycles. The summed E-state index contributed by atoms with van der Waals surface area (Å²) in [5.74, 6) is -0.452. The third-order valence-corrected chi connectivity index (χ3v) is 4.78. The fourth-order valence-electron chi connectivity index (χ4n) is 3.05. The maximum atomic E-state index is 12.8. The average molecular weight is 376 g/mol. The lowest BCUT2D eigenvalue weighted by Crippen LogP contribution is -2.29. The molecule has 0 aliphatic heterocycles. The lowest BCUT2D eigenvalue weighted by atomic mass is 9.83. The second-order valence-corrected chi connectivity index (χ2v) is 7.03. The Balaban J connectivity index is 1.95. The molecule has 0 aliphatic carbocycles. The Morgan fingerprint density at radius 3 is 2.29 bits per heavy atom. The molecule has 0 saturated heterocycles. The zero-order chi connectivity index (χ0) is 20.1. The standard InChI is InChI=1S/C25H29NO2/c1-2-3-18-25(21-26,24(27)28-20-23-16-9-5-10-17-23)19-12-6-11-15-22-13-7-4-8-14-22/h4-5,7-10,12-14,16-17,19H,2-3,6,11,15,18,20H2,1H3/b19-12+/t25-/m0/s1. The number of allylic oxidation sites excluding steroid dienone is 1. The fourth-order valence-corrected chi connectivity index (χ4v) is 3.05. The van der Waals surface area contributed by atoms with Gasteiger partial charge in [-0.2, -0.15) is 5.26 Å². The topological polar surface area (TPSA) is 50.1 Å². The quantitative estimate of drug-likeness (QED) is 0.274. The lowest BCUT2D eigenvalue weighted by molar-refractivity contribution is -0.151. The van der Waals surface area contributed by atoms with Gasteiger partial charge in [-0.3, -0.25) is 0 Å². The highest BCUT2D eigenvalue weighted by Gasteiger charge is 2.37. The molecule has 2 aromatic carbocycles. The Morgan fingerprint density at radius 1 is 1.04 bits per heavy atom. The molecule has 0 heterocycles. The van der Waals surface area contributed by atoms with E-state index < -0.39 is 11.4 Å². The molecule has 0 bridgehead atoms. The zero-order valence-corrected chi connectivity index (χ0v) is 16.6. The van der Waals surface area contributed by atoms with E-state index in [1.807, 2.05) is 54.6 Å². The second kappa shape index (κ2) is 11.8. The van der Waals surface area contributed by atoms with Crippen LogP contribution in [0.25, 0.3) is 0 Å². The first-order chi connectivity index (χ1) is 13.7. The molecule has 28 heavy (non-hydrogen) atoms. The summed E-state index contributed by atoms with van der Waals surface area (Å²) in [7, 11) is 0. The van der Waals surface area contributed by atoms with Crippen molar-refractivity contribution in [3.8, 4) is 6.07 Å². The van der Waals surface area contributed by atoms with Gasteiger partial charge in [0.25, 0.3) is 0 Å². The van der Waals surface area contributed by atoms with Crippen molar-refractivity contribution in [1.82, 2.24) is 0 Å². The number of unbranched alkanes of at least 4 members (excludes halogenated alkanes) is 2. The van der Waals surface area contributed by atoms with Crippen LogP contribution >= 0.6 is 0 Å². The Bertz CT molecular complexity index is 777. The Hall–Kier alpha value is -2.86. The van der Waals surface area contributed by atoms with Crippen molar-refractivity contribution in [2.45, 2.75) is 52.1 Å². The fraction of sp³-hybridized carbons (Fsp3) is 0.360. The molecule has 0 spiro atoms. The van der Waals surface area contributed by atoms with E-state index in [0.717, 1.165) is 37.7 Å². The van der Waals surface area contributed by atoms with Crippen molar-refractivity contribution < 1.29 is 9.53 Å². The monoisotopic (exact) mass is 375 g/mol. The molecular weight excluding hydrogens is 346 g/mol. The molecule has 0 N–H and O–H groups in total. The van der Waals surface area contributed by atoms with Gasteiger partial charge in [0.1, 0.15) is 6.61 Å². The number of ether oxygens (including phenoxy) is 1. The molecule has 0 fully saturated rings. The van der Waals surface area contributed by atoms with Crippen LogP contribution in [0, 0.1) is 16.7 Å². The largest absolute Gasteiger partial charge is 0.459 e. The smallest absolute Gasteiger partial charge is 0.330 e. The van der Waals surface area contributed by atoms with E-state index in [9.17, 15) is 10.1 Å². The molecule has 2 rings (SSSR count). The van der Waals surface area contributed by atoms with E-state index >= 15 is 0 Å². The Morgan fingerprint density at radius 2 is 1.68 bits per heavy atom. The van der Waals surface area contributed by atoms with E-state index in [-0.39, 0.29) is 6.61 Å². The van der Waals surface area contributed by atoms with Crippen LogP contribution in [0.4, 0.5) is 0 Å². The highest BCUT2D eigenvalue weighted by molar-refractivity contribution is 5.82. The zero-order valence-electron chi connectivity index (χ0n) is 16.6. The Kier molecular flexibility index (Phi) is 9.01. The summed E-state index contributed by atoms with van der Waals surface area (Å²) in [6.07, 6.45) is 8.75. The minimum Gasteiger partial charge on any atom is -0.459 e. The van der Waals surface area contributed by atoms with Gasteiger partial charge >= 0.3 is 5.97 Å². The van der Waals surface area contributed by atoms with Gasteiger partial charge in [0.2, 0.25) is 0 Å². The van der Waals surface area contributed by atoms with E-state index in [2.05, 4.69) is 25.1 Å². The van der Waals surface area contributed by atoms with Crippen LogP contribution in [0.1, 0.15) is 50.2 Å². The van der Waals surface area contributed by atoms with Gasteiger partial charge in [-0.05, 0) is 36.8 Å². The first-order valence-electron chi connectivity index (χ1n) is 10.0.